The maximum atomic E-state index is 12.4. The molecule has 0 radical (unpaired) electrons. The second-order valence-corrected chi connectivity index (χ2v) is 8.45. The number of fused-ring (bicyclic) bond motifs is 1. The maximum absolute atomic E-state index is 12.4. The Balaban J connectivity index is 0.00000240. The standard InChI is InChI=1S/C19H20Br2N4O3.ClH/c20-13-11-16(28-17(13)21)18(26)22-7-10-24-8-5-12(6-9-24)25-15-4-2-1-3-14(15)23-19(25)27;/h1-4,11-12H,5-10H2,(H,22,26)(H,23,27);1H. The number of carbonyl (C=O) groups is 1. The molecule has 1 fully saturated rings. The Morgan fingerprint density at radius 2 is 1.97 bits per heavy atom. The summed E-state index contributed by atoms with van der Waals surface area (Å²) in [6.45, 7) is 3.10. The molecule has 0 atom stereocenters. The molecule has 1 saturated heterocycles. The zero-order chi connectivity index (χ0) is 19.7. The van der Waals surface area contributed by atoms with Crippen molar-refractivity contribution in [2.24, 2.45) is 0 Å². The quantitative estimate of drug-likeness (QED) is 0.506. The Morgan fingerprint density at radius 1 is 1.24 bits per heavy atom. The first kappa shape index (κ1) is 22.1. The second kappa shape index (κ2) is 9.51. The van der Waals surface area contributed by atoms with Gasteiger partial charge in [0.1, 0.15) is 0 Å². The number of piperidine rings is 1. The molecule has 4 rings (SSSR count). The van der Waals surface area contributed by atoms with Crippen LogP contribution in [0.4, 0.5) is 0 Å². The smallest absolute Gasteiger partial charge is 0.326 e. The fraction of sp³-hybridized carbons (Fsp3) is 0.368. The van der Waals surface area contributed by atoms with E-state index in [1.165, 1.54) is 0 Å². The zero-order valence-electron chi connectivity index (χ0n) is 15.5. The van der Waals surface area contributed by atoms with Gasteiger partial charge in [0.25, 0.3) is 5.91 Å². The number of likely N-dealkylation sites (tertiary alicyclic amines) is 1. The summed E-state index contributed by atoms with van der Waals surface area (Å²) in [5.74, 6) is 0.0443. The Hall–Kier alpha value is -1.55. The van der Waals surface area contributed by atoms with E-state index in [1.54, 1.807) is 6.07 Å². The Labute approximate surface area is 190 Å². The minimum atomic E-state index is -0.230. The maximum Gasteiger partial charge on any atom is 0.326 e. The topological polar surface area (TPSA) is 83.3 Å². The third-order valence-corrected chi connectivity index (χ3v) is 6.84. The lowest BCUT2D eigenvalue weighted by atomic mass is 10.0. The van der Waals surface area contributed by atoms with Crippen molar-refractivity contribution < 1.29 is 9.21 Å². The zero-order valence-corrected chi connectivity index (χ0v) is 19.5. The van der Waals surface area contributed by atoms with E-state index in [0.717, 1.165) is 43.5 Å². The van der Waals surface area contributed by atoms with Gasteiger partial charge in [-0.25, -0.2) is 4.79 Å². The lowest BCUT2D eigenvalue weighted by Crippen LogP contribution is -2.41. The molecule has 156 valence electrons. The van der Waals surface area contributed by atoms with Crippen LogP contribution in [0.2, 0.25) is 0 Å². The van der Waals surface area contributed by atoms with E-state index >= 15 is 0 Å². The van der Waals surface area contributed by atoms with Crippen LogP contribution in [-0.2, 0) is 0 Å². The fourth-order valence-electron chi connectivity index (χ4n) is 3.71. The molecule has 7 nitrogen and oxygen atoms in total. The van der Waals surface area contributed by atoms with Gasteiger partial charge in [0.05, 0.1) is 15.5 Å². The predicted octanol–water partition coefficient (Wildman–Crippen LogP) is 3.94. The lowest BCUT2D eigenvalue weighted by molar-refractivity contribution is 0.0915. The molecule has 0 spiro atoms. The average Bonchev–Trinajstić information content (AvgIpc) is 3.21. The van der Waals surface area contributed by atoms with E-state index in [2.05, 4.69) is 47.1 Å². The van der Waals surface area contributed by atoms with E-state index in [0.29, 0.717) is 15.7 Å². The number of para-hydroxylation sites is 2. The minimum Gasteiger partial charge on any atom is -0.443 e. The molecule has 3 heterocycles. The van der Waals surface area contributed by atoms with Crippen LogP contribution < -0.4 is 11.0 Å². The largest absolute Gasteiger partial charge is 0.443 e. The molecule has 2 N–H and O–H groups in total. The number of halogens is 3. The Morgan fingerprint density at radius 3 is 2.66 bits per heavy atom. The average molecular weight is 549 g/mol. The molecule has 0 bridgehead atoms. The highest BCUT2D eigenvalue weighted by Gasteiger charge is 2.23. The summed E-state index contributed by atoms with van der Waals surface area (Å²) < 4.78 is 8.44. The number of rotatable bonds is 5. The number of hydrogen-bond donors (Lipinski definition) is 2. The van der Waals surface area contributed by atoms with Crippen LogP contribution in [0.3, 0.4) is 0 Å². The number of amides is 1. The molecule has 1 aliphatic rings. The predicted molar refractivity (Wildman–Crippen MR) is 121 cm³/mol. The summed E-state index contributed by atoms with van der Waals surface area (Å²) >= 11 is 6.53. The van der Waals surface area contributed by atoms with E-state index in [4.69, 9.17) is 4.42 Å². The lowest BCUT2D eigenvalue weighted by Gasteiger charge is -2.32. The third-order valence-electron chi connectivity index (χ3n) is 5.13. The molecule has 2 aromatic heterocycles. The van der Waals surface area contributed by atoms with Gasteiger partial charge in [-0.15, -0.1) is 12.4 Å². The van der Waals surface area contributed by atoms with Crippen LogP contribution in [0.15, 0.2) is 48.7 Å². The van der Waals surface area contributed by atoms with Gasteiger partial charge >= 0.3 is 5.69 Å². The van der Waals surface area contributed by atoms with Crippen molar-refractivity contribution in [1.82, 2.24) is 19.8 Å². The van der Waals surface area contributed by atoms with Gasteiger partial charge in [0.15, 0.2) is 10.4 Å². The van der Waals surface area contributed by atoms with E-state index in [-0.39, 0.29) is 35.8 Å². The highest BCUT2D eigenvalue weighted by molar-refractivity contribution is 9.13. The molecule has 3 aromatic rings. The minimum absolute atomic E-state index is 0. The van der Waals surface area contributed by atoms with Gasteiger partial charge in [-0.2, -0.15) is 0 Å². The SMILES string of the molecule is Cl.O=C(NCCN1CCC(n2c(=O)[nH]c3ccccc32)CC1)c1cc(Br)c(Br)o1. The number of hydrogen-bond acceptors (Lipinski definition) is 4. The molecule has 0 unspecified atom stereocenters. The van der Waals surface area contributed by atoms with Crippen molar-refractivity contribution in [1.29, 1.82) is 0 Å². The molecule has 1 aromatic carbocycles. The number of nitrogens with zero attached hydrogens (tertiary/aromatic N) is 2. The van der Waals surface area contributed by atoms with Gasteiger partial charge in [-0.05, 0) is 56.8 Å². The molecule has 29 heavy (non-hydrogen) atoms. The summed E-state index contributed by atoms with van der Waals surface area (Å²) in [6, 6.07) is 9.65. The third kappa shape index (κ3) is 4.79. The van der Waals surface area contributed by atoms with Crippen molar-refractivity contribution in [2.75, 3.05) is 26.2 Å². The van der Waals surface area contributed by atoms with Crippen molar-refractivity contribution in [3.8, 4) is 0 Å². The van der Waals surface area contributed by atoms with Crippen LogP contribution in [0.1, 0.15) is 29.4 Å². The first-order valence-electron chi connectivity index (χ1n) is 9.17. The number of aromatic nitrogens is 2. The molecular weight excluding hydrogens is 527 g/mol. The summed E-state index contributed by atoms with van der Waals surface area (Å²) in [5.41, 5.74) is 1.81. The van der Waals surface area contributed by atoms with Crippen LogP contribution in [-0.4, -0.2) is 46.5 Å². The number of benzene rings is 1. The number of nitrogens with one attached hydrogen (secondary N) is 2. The van der Waals surface area contributed by atoms with Crippen LogP contribution in [0, 0.1) is 0 Å². The van der Waals surface area contributed by atoms with E-state index < -0.39 is 0 Å². The van der Waals surface area contributed by atoms with Gasteiger partial charge in [0, 0.05) is 38.3 Å². The van der Waals surface area contributed by atoms with E-state index in [1.807, 2.05) is 28.8 Å². The first-order valence-corrected chi connectivity index (χ1v) is 10.8. The summed E-state index contributed by atoms with van der Waals surface area (Å²) in [4.78, 5) is 29.7. The van der Waals surface area contributed by atoms with Crippen LogP contribution in [0.5, 0.6) is 0 Å². The molecule has 1 aliphatic heterocycles. The number of carbonyl (C=O) groups excluding carboxylic acids is 1. The molecule has 10 heteroatoms. The molecular formula is C19H21Br2ClN4O3. The summed E-state index contributed by atoms with van der Waals surface area (Å²) in [6.07, 6.45) is 1.82. The van der Waals surface area contributed by atoms with Crippen molar-refractivity contribution in [3.63, 3.8) is 0 Å². The number of imidazole rings is 1. The van der Waals surface area contributed by atoms with Gasteiger partial charge in [0.2, 0.25) is 0 Å². The highest BCUT2D eigenvalue weighted by Crippen LogP contribution is 2.27. The van der Waals surface area contributed by atoms with Gasteiger partial charge in [-0.3, -0.25) is 9.36 Å². The van der Waals surface area contributed by atoms with Gasteiger partial charge in [-0.1, -0.05) is 12.1 Å². The highest BCUT2D eigenvalue weighted by atomic mass is 79.9. The number of furan rings is 1. The summed E-state index contributed by atoms with van der Waals surface area (Å²) in [5, 5.41) is 2.88. The molecule has 1 amide bonds. The Bertz CT molecular complexity index is 1030. The van der Waals surface area contributed by atoms with Crippen molar-refractivity contribution >= 4 is 61.2 Å². The Kier molecular flexibility index (Phi) is 7.26. The molecule has 0 aliphatic carbocycles. The summed E-state index contributed by atoms with van der Waals surface area (Å²) in [7, 11) is 0. The number of H-pyrrole nitrogens is 1. The first-order chi connectivity index (χ1) is 13.5. The van der Waals surface area contributed by atoms with Crippen LogP contribution in [0.25, 0.3) is 11.0 Å². The number of aromatic amines is 1. The van der Waals surface area contributed by atoms with Gasteiger partial charge < -0.3 is 19.6 Å². The fourth-order valence-corrected chi connectivity index (χ4v) is 4.29. The second-order valence-electron chi connectivity index (χ2n) is 6.88. The molecule has 0 saturated carbocycles. The van der Waals surface area contributed by atoms with Crippen molar-refractivity contribution in [3.05, 3.63) is 55.7 Å². The normalized spacial score (nSPS) is 15.4. The monoisotopic (exact) mass is 546 g/mol. The van der Waals surface area contributed by atoms with E-state index in [9.17, 15) is 9.59 Å². The van der Waals surface area contributed by atoms with Crippen LogP contribution >= 0.6 is 44.3 Å². The van der Waals surface area contributed by atoms with Crippen molar-refractivity contribution in [2.45, 2.75) is 18.9 Å².